The van der Waals surface area contributed by atoms with Crippen LogP contribution in [-0.2, 0) is 0 Å². The van der Waals surface area contributed by atoms with Crippen molar-refractivity contribution in [2.45, 2.75) is 51.6 Å². The number of hydrogen-bond acceptors (Lipinski definition) is 2. The van der Waals surface area contributed by atoms with Gasteiger partial charge in [0.15, 0.2) is 0 Å². The van der Waals surface area contributed by atoms with Gasteiger partial charge in [-0.2, -0.15) is 0 Å². The molecule has 19 heavy (non-hydrogen) atoms. The topological polar surface area (TPSA) is 43.8 Å². The molecule has 2 aromatic rings. The predicted molar refractivity (Wildman–Crippen MR) is 81.9 cm³/mol. The van der Waals surface area contributed by atoms with Gasteiger partial charge >= 0.3 is 0 Å². The van der Waals surface area contributed by atoms with Gasteiger partial charge in [-0.1, -0.05) is 6.07 Å². The van der Waals surface area contributed by atoms with E-state index in [4.69, 9.17) is 10.7 Å². The summed E-state index contributed by atoms with van der Waals surface area (Å²) in [5, 5.41) is 0. The van der Waals surface area contributed by atoms with Gasteiger partial charge in [0.25, 0.3) is 0 Å². The highest BCUT2D eigenvalue weighted by atomic mass is 35.5. The first-order chi connectivity index (χ1) is 8.65. The fourth-order valence-electron chi connectivity index (χ4n) is 3.15. The summed E-state index contributed by atoms with van der Waals surface area (Å²) in [6.07, 6.45) is 4.63. The van der Waals surface area contributed by atoms with E-state index in [9.17, 15) is 0 Å². The molecule has 0 radical (unpaired) electrons. The molecule has 0 spiro atoms. The summed E-state index contributed by atoms with van der Waals surface area (Å²) in [5.41, 5.74) is 9.68. The summed E-state index contributed by atoms with van der Waals surface area (Å²) in [6.45, 7) is 4.23. The largest absolute Gasteiger partial charge is 0.328 e. The van der Waals surface area contributed by atoms with E-state index >= 15 is 0 Å². The van der Waals surface area contributed by atoms with Crippen LogP contribution in [0.5, 0.6) is 0 Å². The van der Waals surface area contributed by atoms with Crippen LogP contribution >= 0.6 is 12.4 Å². The third-order valence-corrected chi connectivity index (χ3v) is 4.13. The first-order valence-corrected chi connectivity index (χ1v) is 6.86. The van der Waals surface area contributed by atoms with E-state index < -0.39 is 0 Å². The maximum atomic E-state index is 6.00. The van der Waals surface area contributed by atoms with Crippen LogP contribution in [0.2, 0.25) is 0 Å². The molecule has 2 N–H and O–H groups in total. The van der Waals surface area contributed by atoms with Gasteiger partial charge in [-0.3, -0.25) is 0 Å². The highest BCUT2D eigenvalue weighted by Gasteiger charge is 2.22. The van der Waals surface area contributed by atoms with Crippen LogP contribution in [-0.4, -0.2) is 15.6 Å². The zero-order valence-corrected chi connectivity index (χ0v) is 12.4. The Hall–Kier alpha value is -1.06. The molecule has 0 atom stereocenters. The molecule has 1 saturated carbocycles. The van der Waals surface area contributed by atoms with Crippen molar-refractivity contribution in [1.29, 1.82) is 0 Å². The number of aryl methyl sites for hydroxylation is 2. The van der Waals surface area contributed by atoms with E-state index in [1.807, 2.05) is 0 Å². The van der Waals surface area contributed by atoms with Crippen molar-refractivity contribution in [3.8, 4) is 0 Å². The monoisotopic (exact) mass is 279 g/mol. The molecule has 0 aliphatic heterocycles. The quantitative estimate of drug-likeness (QED) is 0.868. The minimum absolute atomic E-state index is 0. The van der Waals surface area contributed by atoms with Gasteiger partial charge in [-0.25, -0.2) is 4.98 Å². The molecule has 1 aromatic carbocycles. The van der Waals surface area contributed by atoms with E-state index in [-0.39, 0.29) is 12.4 Å². The fourth-order valence-corrected chi connectivity index (χ4v) is 3.15. The molecule has 0 unspecified atom stereocenters. The van der Waals surface area contributed by atoms with Crippen LogP contribution in [0.3, 0.4) is 0 Å². The van der Waals surface area contributed by atoms with Crippen molar-refractivity contribution >= 4 is 23.4 Å². The number of fused-ring (bicyclic) bond motifs is 1. The van der Waals surface area contributed by atoms with Gasteiger partial charge < -0.3 is 10.3 Å². The molecule has 1 heterocycles. The van der Waals surface area contributed by atoms with Gasteiger partial charge in [-0.05, 0) is 57.2 Å². The molecule has 0 bridgehead atoms. The lowest BCUT2D eigenvalue weighted by atomic mass is 9.91. The van der Waals surface area contributed by atoms with Gasteiger partial charge in [0.1, 0.15) is 5.82 Å². The number of nitrogens with two attached hydrogens (primary N) is 1. The van der Waals surface area contributed by atoms with Crippen LogP contribution in [0, 0.1) is 13.8 Å². The van der Waals surface area contributed by atoms with Gasteiger partial charge in [0, 0.05) is 12.1 Å². The first kappa shape index (κ1) is 14.4. The van der Waals surface area contributed by atoms with Crippen LogP contribution in [0.25, 0.3) is 11.0 Å². The lowest BCUT2D eigenvalue weighted by Crippen LogP contribution is -2.28. The lowest BCUT2D eigenvalue weighted by molar-refractivity contribution is 0.325. The normalized spacial score (nSPS) is 23.3. The van der Waals surface area contributed by atoms with Crippen molar-refractivity contribution in [2.24, 2.45) is 5.73 Å². The average molecular weight is 280 g/mol. The maximum Gasteiger partial charge on any atom is 0.106 e. The Morgan fingerprint density at radius 2 is 1.84 bits per heavy atom. The Bertz CT molecular complexity index is 568. The molecule has 4 heteroatoms. The molecule has 3 rings (SSSR count). The Balaban J connectivity index is 0.00000133. The van der Waals surface area contributed by atoms with Crippen molar-refractivity contribution < 1.29 is 0 Å². The standard InChI is InChI=1S/C15H21N3.ClH/c1-10-3-8-15-14(9-10)17-11(2)18(15)13-6-4-12(16)5-7-13;/h3,8-9,12-13H,4-7,16H2,1-2H3;1H. The molecule has 1 aliphatic carbocycles. The number of aromatic nitrogens is 2. The molecule has 0 amide bonds. The van der Waals surface area contributed by atoms with Crippen LogP contribution < -0.4 is 5.73 Å². The van der Waals surface area contributed by atoms with Crippen LogP contribution in [0.15, 0.2) is 18.2 Å². The van der Waals surface area contributed by atoms with Crippen LogP contribution in [0.4, 0.5) is 0 Å². The number of imidazole rings is 1. The lowest BCUT2D eigenvalue weighted by Gasteiger charge is -2.28. The van der Waals surface area contributed by atoms with E-state index in [1.165, 1.54) is 23.9 Å². The van der Waals surface area contributed by atoms with E-state index in [1.54, 1.807) is 0 Å². The van der Waals surface area contributed by atoms with Crippen molar-refractivity contribution in [3.05, 3.63) is 29.6 Å². The molecular formula is C15H22ClN3. The zero-order valence-electron chi connectivity index (χ0n) is 11.6. The average Bonchev–Trinajstić information content (AvgIpc) is 2.65. The Kier molecular flexibility index (Phi) is 4.16. The smallest absolute Gasteiger partial charge is 0.106 e. The summed E-state index contributed by atoms with van der Waals surface area (Å²) in [6, 6.07) is 7.54. The summed E-state index contributed by atoms with van der Waals surface area (Å²) < 4.78 is 2.42. The minimum Gasteiger partial charge on any atom is -0.328 e. The Morgan fingerprint density at radius 3 is 2.53 bits per heavy atom. The SMILES string of the molecule is Cc1ccc2c(c1)nc(C)n2C1CCC(N)CC1.Cl. The number of nitrogens with zero attached hydrogens (tertiary/aromatic N) is 2. The summed E-state index contributed by atoms with van der Waals surface area (Å²) in [7, 11) is 0. The number of rotatable bonds is 1. The van der Waals surface area contributed by atoms with Crippen LogP contribution in [0.1, 0.15) is 43.1 Å². The van der Waals surface area contributed by atoms with E-state index in [2.05, 4.69) is 36.6 Å². The minimum atomic E-state index is 0. The van der Waals surface area contributed by atoms with Crippen molar-refractivity contribution in [1.82, 2.24) is 9.55 Å². The second-order valence-corrected chi connectivity index (χ2v) is 5.59. The zero-order chi connectivity index (χ0) is 12.7. The van der Waals surface area contributed by atoms with Crippen molar-refractivity contribution in [3.63, 3.8) is 0 Å². The highest BCUT2D eigenvalue weighted by Crippen LogP contribution is 2.32. The van der Waals surface area contributed by atoms with Gasteiger partial charge in [-0.15, -0.1) is 12.4 Å². The molecular weight excluding hydrogens is 258 g/mol. The molecule has 104 valence electrons. The second-order valence-electron chi connectivity index (χ2n) is 5.59. The number of hydrogen-bond donors (Lipinski definition) is 1. The Morgan fingerprint density at radius 1 is 1.16 bits per heavy atom. The predicted octanol–water partition coefficient (Wildman–Crippen LogP) is 3.52. The van der Waals surface area contributed by atoms with Gasteiger partial charge in [0.2, 0.25) is 0 Å². The van der Waals surface area contributed by atoms with Gasteiger partial charge in [0.05, 0.1) is 11.0 Å². The molecule has 0 saturated heterocycles. The fraction of sp³-hybridized carbons (Fsp3) is 0.533. The second kappa shape index (κ2) is 5.51. The Labute approximate surface area is 120 Å². The summed E-state index contributed by atoms with van der Waals surface area (Å²) in [5.74, 6) is 1.14. The third kappa shape index (κ3) is 2.63. The third-order valence-electron chi connectivity index (χ3n) is 4.13. The first-order valence-electron chi connectivity index (χ1n) is 6.86. The maximum absolute atomic E-state index is 6.00. The molecule has 3 nitrogen and oxygen atoms in total. The molecule has 1 aromatic heterocycles. The van der Waals surface area contributed by atoms with E-state index in [0.29, 0.717) is 12.1 Å². The molecule has 1 fully saturated rings. The van der Waals surface area contributed by atoms with E-state index in [0.717, 1.165) is 24.2 Å². The highest BCUT2D eigenvalue weighted by molar-refractivity contribution is 5.85. The van der Waals surface area contributed by atoms with Crippen molar-refractivity contribution in [2.75, 3.05) is 0 Å². The summed E-state index contributed by atoms with van der Waals surface area (Å²) in [4.78, 5) is 4.70. The molecule has 1 aliphatic rings. The summed E-state index contributed by atoms with van der Waals surface area (Å²) >= 11 is 0. The number of benzene rings is 1. The number of halogens is 1.